The molecule has 1 aromatic rings. The van der Waals surface area contributed by atoms with Crippen molar-refractivity contribution in [3.63, 3.8) is 0 Å². The zero-order chi connectivity index (χ0) is 13.7. The maximum atomic E-state index is 13.5. The van der Waals surface area contributed by atoms with Gasteiger partial charge in [-0.2, -0.15) is 0 Å². The summed E-state index contributed by atoms with van der Waals surface area (Å²) in [6, 6.07) is 0.763. The lowest BCUT2D eigenvalue weighted by atomic mass is 10.1. The van der Waals surface area contributed by atoms with E-state index in [9.17, 15) is 13.2 Å². The highest BCUT2D eigenvalue weighted by Gasteiger charge is 2.18. The van der Waals surface area contributed by atoms with Crippen molar-refractivity contribution in [2.45, 2.75) is 19.1 Å². The SMILES string of the molecule is COC(C)CNC(CN)c1cc(F)c(F)cc1F. The van der Waals surface area contributed by atoms with E-state index in [0.29, 0.717) is 12.6 Å². The Morgan fingerprint density at radius 3 is 2.39 bits per heavy atom. The molecule has 0 radical (unpaired) electrons. The Balaban J connectivity index is 2.85. The van der Waals surface area contributed by atoms with Crippen molar-refractivity contribution in [1.29, 1.82) is 0 Å². The lowest BCUT2D eigenvalue weighted by Crippen LogP contribution is -2.34. The first-order valence-corrected chi connectivity index (χ1v) is 5.60. The van der Waals surface area contributed by atoms with E-state index in [4.69, 9.17) is 10.5 Å². The van der Waals surface area contributed by atoms with Gasteiger partial charge in [0.1, 0.15) is 5.82 Å². The molecule has 18 heavy (non-hydrogen) atoms. The molecule has 0 bridgehead atoms. The van der Waals surface area contributed by atoms with Gasteiger partial charge in [0, 0.05) is 37.9 Å². The first-order valence-electron chi connectivity index (χ1n) is 5.60. The lowest BCUT2D eigenvalue weighted by Gasteiger charge is -2.20. The molecule has 0 saturated carbocycles. The zero-order valence-corrected chi connectivity index (χ0v) is 10.3. The highest BCUT2D eigenvalue weighted by atomic mass is 19.2. The van der Waals surface area contributed by atoms with Gasteiger partial charge in [0.05, 0.1) is 6.10 Å². The third-order valence-corrected chi connectivity index (χ3v) is 2.70. The van der Waals surface area contributed by atoms with Gasteiger partial charge < -0.3 is 15.8 Å². The van der Waals surface area contributed by atoms with Crippen molar-refractivity contribution >= 4 is 0 Å². The summed E-state index contributed by atoms with van der Waals surface area (Å²) in [7, 11) is 1.54. The molecule has 1 aromatic carbocycles. The molecule has 0 fully saturated rings. The minimum atomic E-state index is -1.21. The van der Waals surface area contributed by atoms with Crippen LogP contribution in [-0.4, -0.2) is 26.3 Å². The summed E-state index contributed by atoms with van der Waals surface area (Å²) >= 11 is 0. The van der Waals surface area contributed by atoms with Gasteiger partial charge in [-0.1, -0.05) is 0 Å². The first-order chi connectivity index (χ1) is 8.49. The Labute approximate surface area is 104 Å². The lowest BCUT2D eigenvalue weighted by molar-refractivity contribution is 0.114. The average Bonchev–Trinajstić information content (AvgIpc) is 2.35. The third kappa shape index (κ3) is 3.69. The number of rotatable bonds is 6. The van der Waals surface area contributed by atoms with Crippen LogP contribution in [-0.2, 0) is 4.74 Å². The van der Waals surface area contributed by atoms with Crippen LogP contribution in [0.25, 0.3) is 0 Å². The molecule has 3 N–H and O–H groups in total. The number of methoxy groups -OCH3 is 1. The first kappa shape index (κ1) is 14.9. The van der Waals surface area contributed by atoms with E-state index in [-0.39, 0.29) is 18.2 Å². The minimum Gasteiger partial charge on any atom is -0.380 e. The Kier molecular flexibility index (Phi) is 5.58. The maximum absolute atomic E-state index is 13.5. The number of nitrogens with one attached hydrogen (secondary N) is 1. The summed E-state index contributed by atoms with van der Waals surface area (Å²) in [5.74, 6) is -3.12. The quantitative estimate of drug-likeness (QED) is 0.767. The summed E-state index contributed by atoms with van der Waals surface area (Å²) in [6.45, 7) is 2.32. The van der Waals surface area contributed by atoms with E-state index in [2.05, 4.69) is 5.32 Å². The predicted octanol–water partition coefficient (Wildman–Crippen LogP) is 1.73. The van der Waals surface area contributed by atoms with Gasteiger partial charge in [-0.05, 0) is 13.0 Å². The van der Waals surface area contributed by atoms with E-state index in [0.717, 1.165) is 6.07 Å². The second-order valence-electron chi connectivity index (χ2n) is 4.03. The highest BCUT2D eigenvalue weighted by Crippen LogP contribution is 2.20. The fourth-order valence-corrected chi connectivity index (χ4v) is 1.52. The van der Waals surface area contributed by atoms with Crippen molar-refractivity contribution in [2.24, 2.45) is 5.73 Å². The van der Waals surface area contributed by atoms with Crippen LogP contribution in [0, 0.1) is 17.5 Å². The molecular weight excluding hydrogens is 245 g/mol. The molecule has 0 saturated heterocycles. The summed E-state index contributed by atoms with van der Waals surface area (Å²) in [5, 5.41) is 2.94. The Hall–Kier alpha value is -1.11. The molecule has 3 nitrogen and oxygen atoms in total. The molecule has 6 heteroatoms. The highest BCUT2D eigenvalue weighted by molar-refractivity contribution is 5.23. The summed E-state index contributed by atoms with van der Waals surface area (Å²) in [4.78, 5) is 0. The third-order valence-electron chi connectivity index (χ3n) is 2.70. The monoisotopic (exact) mass is 262 g/mol. The molecule has 0 aromatic heterocycles. The molecule has 0 amide bonds. The van der Waals surface area contributed by atoms with Gasteiger partial charge in [-0.3, -0.25) is 0 Å². The van der Waals surface area contributed by atoms with Crippen molar-refractivity contribution in [3.05, 3.63) is 35.1 Å². The van der Waals surface area contributed by atoms with Crippen LogP contribution in [0.15, 0.2) is 12.1 Å². The van der Waals surface area contributed by atoms with Crippen molar-refractivity contribution in [2.75, 3.05) is 20.2 Å². The summed E-state index contributed by atoms with van der Waals surface area (Å²) in [5.41, 5.74) is 5.52. The standard InChI is InChI=1S/C12H17F3N2O/c1-7(18-2)6-17-12(5-16)8-3-10(14)11(15)4-9(8)13/h3-4,7,12,17H,5-6,16H2,1-2H3. The van der Waals surface area contributed by atoms with E-state index in [1.54, 1.807) is 7.11 Å². The fourth-order valence-electron chi connectivity index (χ4n) is 1.52. The summed E-state index contributed by atoms with van der Waals surface area (Å²) < 4.78 is 44.5. The van der Waals surface area contributed by atoms with Crippen LogP contribution in [0.1, 0.15) is 18.5 Å². The van der Waals surface area contributed by atoms with E-state index in [1.165, 1.54) is 0 Å². The molecule has 102 valence electrons. The van der Waals surface area contributed by atoms with Crippen LogP contribution in [0.3, 0.4) is 0 Å². The van der Waals surface area contributed by atoms with Gasteiger partial charge in [0.15, 0.2) is 11.6 Å². The van der Waals surface area contributed by atoms with Gasteiger partial charge in [0.25, 0.3) is 0 Å². The summed E-state index contributed by atoms with van der Waals surface area (Å²) in [6.07, 6.45) is -0.0904. The molecule has 2 unspecified atom stereocenters. The fraction of sp³-hybridized carbons (Fsp3) is 0.500. The minimum absolute atomic E-state index is 0.0136. The second-order valence-corrected chi connectivity index (χ2v) is 4.03. The van der Waals surface area contributed by atoms with Crippen LogP contribution in [0.4, 0.5) is 13.2 Å². The normalized spacial score (nSPS) is 14.6. The maximum Gasteiger partial charge on any atom is 0.161 e. The second kappa shape index (κ2) is 6.72. The molecule has 1 rings (SSSR count). The number of nitrogens with two attached hydrogens (primary N) is 1. The number of ether oxygens (including phenoxy) is 1. The Morgan fingerprint density at radius 1 is 1.22 bits per heavy atom. The number of halogens is 3. The number of benzene rings is 1. The topological polar surface area (TPSA) is 47.3 Å². The molecule has 0 spiro atoms. The molecule has 0 aliphatic rings. The number of hydrogen-bond donors (Lipinski definition) is 2. The largest absolute Gasteiger partial charge is 0.380 e. The Bertz CT molecular complexity index is 401. The Morgan fingerprint density at radius 2 is 1.83 bits per heavy atom. The molecule has 0 aliphatic heterocycles. The van der Waals surface area contributed by atoms with Gasteiger partial charge in [-0.15, -0.1) is 0 Å². The van der Waals surface area contributed by atoms with Crippen molar-refractivity contribution < 1.29 is 17.9 Å². The average molecular weight is 262 g/mol. The zero-order valence-electron chi connectivity index (χ0n) is 10.3. The van der Waals surface area contributed by atoms with E-state index >= 15 is 0 Å². The molecule has 0 aliphatic carbocycles. The molecule has 0 heterocycles. The van der Waals surface area contributed by atoms with E-state index in [1.807, 2.05) is 6.92 Å². The van der Waals surface area contributed by atoms with Crippen molar-refractivity contribution in [1.82, 2.24) is 5.32 Å². The van der Waals surface area contributed by atoms with Gasteiger partial charge in [-0.25, -0.2) is 13.2 Å². The van der Waals surface area contributed by atoms with Crippen LogP contribution < -0.4 is 11.1 Å². The number of hydrogen-bond acceptors (Lipinski definition) is 3. The predicted molar refractivity (Wildman–Crippen MR) is 62.6 cm³/mol. The van der Waals surface area contributed by atoms with Crippen LogP contribution >= 0.6 is 0 Å². The molecule has 2 atom stereocenters. The van der Waals surface area contributed by atoms with Crippen LogP contribution in [0.5, 0.6) is 0 Å². The van der Waals surface area contributed by atoms with E-state index < -0.39 is 23.5 Å². The van der Waals surface area contributed by atoms with Crippen molar-refractivity contribution in [3.8, 4) is 0 Å². The van der Waals surface area contributed by atoms with Gasteiger partial charge in [0.2, 0.25) is 0 Å². The van der Waals surface area contributed by atoms with Crippen LogP contribution in [0.2, 0.25) is 0 Å². The van der Waals surface area contributed by atoms with Gasteiger partial charge >= 0.3 is 0 Å². The molecular formula is C12H17F3N2O. The smallest absolute Gasteiger partial charge is 0.161 e.